The minimum atomic E-state index is 0.459. The Morgan fingerprint density at radius 2 is 1.88 bits per heavy atom. The third kappa shape index (κ3) is 3.77. The Hall–Kier alpha value is -2.67. The largest absolute Gasteiger partial charge is 0.461 e. The molecule has 1 aliphatic rings. The van der Waals surface area contributed by atoms with E-state index in [1.54, 1.807) is 6.26 Å². The van der Waals surface area contributed by atoms with Crippen LogP contribution in [-0.4, -0.2) is 34.3 Å². The van der Waals surface area contributed by atoms with Gasteiger partial charge in [0.15, 0.2) is 5.76 Å². The minimum Gasteiger partial charge on any atom is -0.461 e. The molecule has 136 valence electrons. The second kappa shape index (κ2) is 7.29. The Bertz CT molecular complexity index is 830. The lowest BCUT2D eigenvalue weighted by Gasteiger charge is -2.32. The predicted octanol–water partition coefficient (Wildman–Crippen LogP) is 3.10. The van der Waals surface area contributed by atoms with Crippen molar-refractivity contribution in [2.75, 3.05) is 18.0 Å². The van der Waals surface area contributed by atoms with Crippen molar-refractivity contribution in [1.29, 1.82) is 0 Å². The zero-order chi connectivity index (χ0) is 17.9. The van der Waals surface area contributed by atoms with Crippen molar-refractivity contribution >= 4 is 5.95 Å². The van der Waals surface area contributed by atoms with Crippen molar-refractivity contribution in [3.8, 4) is 11.5 Å². The second-order valence-corrected chi connectivity index (χ2v) is 6.75. The van der Waals surface area contributed by atoms with E-state index in [4.69, 9.17) is 8.94 Å². The van der Waals surface area contributed by atoms with E-state index in [0.29, 0.717) is 24.1 Å². The number of hydrogen-bond acceptors (Lipinski definition) is 7. The van der Waals surface area contributed by atoms with Crippen LogP contribution in [0.4, 0.5) is 5.95 Å². The molecule has 4 rings (SSSR count). The fourth-order valence-corrected chi connectivity index (χ4v) is 3.31. The van der Waals surface area contributed by atoms with Gasteiger partial charge in [0, 0.05) is 43.1 Å². The molecule has 0 aliphatic carbocycles. The van der Waals surface area contributed by atoms with Gasteiger partial charge < -0.3 is 19.2 Å². The molecular weight excluding hydrogens is 330 g/mol. The Balaban J connectivity index is 1.29. The van der Waals surface area contributed by atoms with Crippen molar-refractivity contribution in [2.45, 2.75) is 39.3 Å². The molecule has 3 aromatic heterocycles. The first-order chi connectivity index (χ1) is 12.7. The Labute approximate surface area is 152 Å². The molecule has 1 fully saturated rings. The van der Waals surface area contributed by atoms with E-state index in [0.717, 1.165) is 49.0 Å². The van der Waals surface area contributed by atoms with Crippen LogP contribution in [0.25, 0.3) is 11.5 Å². The summed E-state index contributed by atoms with van der Waals surface area (Å²) in [7, 11) is 0. The number of aryl methyl sites for hydroxylation is 2. The van der Waals surface area contributed by atoms with Gasteiger partial charge in [0.1, 0.15) is 0 Å². The van der Waals surface area contributed by atoms with Crippen LogP contribution in [0, 0.1) is 13.8 Å². The minimum absolute atomic E-state index is 0.459. The van der Waals surface area contributed by atoms with Crippen molar-refractivity contribution in [2.24, 2.45) is 0 Å². The Kier molecular flexibility index (Phi) is 4.71. The van der Waals surface area contributed by atoms with E-state index >= 15 is 0 Å². The summed E-state index contributed by atoms with van der Waals surface area (Å²) < 4.78 is 10.7. The van der Waals surface area contributed by atoms with Gasteiger partial charge in [-0.3, -0.25) is 0 Å². The molecule has 4 heterocycles. The quantitative estimate of drug-likeness (QED) is 0.755. The predicted molar refractivity (Wildman–Crippen MR) is 97.8 cm³/mol. The Morgan fingerprint density at radius 3 is 2.58 bits per heavy atom. The van der Waals surface area contributed by atoms with Gasteiger partial charge in [-0.1, -0.05) is 5.16 Å². The molecule has 0 bridgehead atoms. The lowest BCUT2D eigenvalue weighted by Crippen LogP contribution is -2.43. The highest BCUT2D eigenvalue weighted by Crippen LogP contribution is 2.21. The second-order valence-electron chi connectivity index (χ2n) is 6.75. The summed E-state index contributed by atoms with van der Waals surface area (Å²) in [5, 5.41) is 7.68. The summed E-state index contributed by atoms with van der Waals surface area (Å²) in [6.45, 7) is 6.63. The molecule has 0 unspecified atom stereocenters. The maximum absolute atomic E-state index is 5.34. The summed E-state index contributed by atoms with van der Waals surface area (Å²) in [4.78, 5) is 11.4. The van der Waals surface area contributed by atoms with Crippen molar-refractivity contribution in [3.05, 3.63) is 47.6 Å². The number of furan rings is 1. The molecule has 0 spiro atoms. The number of piperidine rings is 1. The molecule has 7 nitrogen and oxygen atoms in total. The normalized spacial score (nSPS) is 15.5. The highest BCUT2D eigenvalue weighted by atomic mass is 16.5. The highest BCUT2D eigenvalue weighted by molar-refractivity contribution is 5.49. The molecule has 26 heavy (non-hydrogen) atoms. The summed E-state index contributed by atoms with van der Waals surface area (Å²) in [5.41, 5.74) is 2.92. The number of aromatic nitrogens is 3. The molecule has 1 N–H and O–H groups in total. The van der Waals surface area contributed by atoms with Crippen LogP contribution in [0.3, 0.4) is 0 Å². The monoisotopic (exact) mass is 353 g/mol. The molecule has 0 radical (unpaired) electrons. The number of rotatable bonds is 5. The van der Waals surface area contributed by atoms with Gasteiger partial charge in [-0.2, -0.15) is 0 Å². The molecule has 0 amide bonds. The van der Waals surface area contributed by atoms with Gasteiger partial charge in [0.25, 0.3) is 0 Å². The summed E-state index contributed by atoms with van der Waals surface area (Å²) >= 11 is 0. The number of nitrogens with zero attached hydrogens (tertiary/aromatic N) is 4. The van der Waals surface area contributed by atoms with Crippen molar-refractivity contribution in [3.63, 3.8) is 0 Å². The fourth-order valence-electron chi connectivity index (χ4n) is 3.31. The maximum Gasteiger partial charge on any atom is 0.225 e. The van der Waals surface area contributed by atoms with Gasteiger partial charge in [-0.15, -0.1) is 0 Å². The maximum atomic E-state index is 5.34. The average Bonchev–Trinajstić information content (AvgIpc) is 3.31. The smallest absolute Gasteiger partial charge is 0.225 e. The fraction of sp³-hybridized carbons (Fsp3) is 0.421. The van der Waals surface area contributed by atoms with Crippen LogP contribution in [-0.2, 0) is 6.54 Å². The van der Waals surface area contributed by atoms with Crippen LogP contribution < -0.4 is 10.2 Å². The van der Waals surface area contributed by atoms with E-state index in [2.05, 4.69) is 25.3 Å². The van der Waals surface area contributed by atoms with E-state index in [1.807, 2.05) is 38.1 Å². The summed E-state index contributed by atoms with van der Waals surface area (Å²) in [6.07, 6.45) is 3.74. The van der Waals surface area contributed by atoms with E-state index in [-0.39, 0.29) is 0 Å². The van der Waals surface area contributed by atoms with Gasteiger partial charge in [0.2, 0.25) is 11.7 Å². The van der Waals surface area contributed by atoms with Gasteiger partial charge in [-0.05, 0) is 44.9 Å². The molecule has 0 saturated carbocycles. The Morgan fingerprint density at radius 1 is 1.12 bits per heavy atom. The van der Waals surface area contributed by atoms with Crippen LogP contribution in [0.5, 0.6) is 0 Å². The molecule has 1 saturated heterocycles. The van der Waals surface area contributed by atoms with Crippen LogP contribution >= 0.6 is 0 Å². The summed E-state index contributed by atoms with van der Waals surface area (Å²) in [5.74, 6) is 2.21. The number of anilines is 1. The van der Waals surface area contributed by atoms with Crippen LogP contribution in [0.2, 0.25) is 0 Å². The third-order valence-electron chi connectivity index (χ3n) is 4.64. The number of nitrogens with one attached hydrogen (secondary N) is 1. The summed E-state index contributed by atoms with van der Waals surface area (Å²) in [6, 6.07) is 8.09. The SMILES string of the molecule is Cc1cc(C)nc(N2CCC(NCc3cc(-c4ccco4)on3)CC2)n1. The highest BCUT2D eigenvalue weighted by Gasteiger charge is 2.21. The first-order valence-electron chi connectivity index (χ1n) is 8.97. The topological polar surface area (TPSA) is 80.2 Å². The van der Waals surface area contributed by atoms with Crippen molar-refractivity contribution in [1.82, 2.24) is 20.4 Å². The van der Waals surface area contributed by atoms with E-state index < -0.39 is 0 Å². The molecular formula is C19H23N5O2. The van der Waals surface area contributed by atoms with Crippen LogP contribution in [0.15, 0.2) is 39.5 Å². The standard InChI is InChI=1S/C19H23N5O2/c1-13-10-14(2)22-19(21-13)24-7-5-15(6-8-24)20-12-16-11-18(26-23-16)17-4-3-9-25-17/h3-4,9-11,15,20H,5-8,12H2,1-2H3. The zero-order valence-electron chi connectivity index (χ0n) is 15.1. The molecule has 0 aromatic carbocycles. The number of hydrogen-bond donors (Lipinski definition) is 1. The first-order valence-corrected chi connectivity index (χ1v) is 8.97. The van der Waals surface area contributed by atoms with Gasteiger partial charge >= 0.3 is 0 Å². The average molecular weight is 353 g/mol. The lowest BCUT2D eigenvalue weighted by molar-refractivity contribution is 0.386. The third-order valence-corrected chi connectivity index (χ3v) is 4.64. The molecule has 7 heteroatoms. The lowest BCUT2D eigenvalue weighted by atomic mass is 10.1. The van der Waals surface area contributed by atoms with Gasteiger partial charge in [-0.25, -0.2) is 9.97 Å². The molecule has 3 aromatic rings. The zero-order valence-corrected chi connectivity index (χ0v) is 15.1. The molecule has 1 aliphatic heterocycles. The van der Waals surface area contributed by atoms with Gasteiger partial charge in [0.05, 0.1) is 12.0 Å². The van der Waals surface area contributed by atoms with Crippen LogP contribution in [0.1, 0.15) is 29.9 Å². The van der Waals surface area contributed by atoms with E-state index in [1.165, 1.54) is 0 Å². The van der Waals surface area contributed by atoms with E-state index in [9.17, 15) is 0 Å². The van der Waals surface area contributed by atoms with Crippen molar-refractivity contribution < 1.29 is 8.94 Å². The molecule has 0 atom stereocenters. The first kappa shape index (κ1) is 16.8.